The number of fused-ring (bicyclic) bond motifs is 1. The molecule has 1 aliphatic rings. The van der Waals surface area contributed by atoms with Crippen LogP contribution in [0, 0.1) is 0 Å². The van der Waals surface area contributed by atoms with Gasteiger partial charge in [0.05, 0.1) is 5.52 Å². The van der Waals surface area contributed by atoms with E-state index in [1.54, 1.807) is 18.6 Å². The summed E-state index contributed by atoms with van der Waals surface area (Å²) in [6.07, 6.45) is 9.76. The van der Waals surface area contributed by atoms with E-state index in [1.807, 2.05) is 30.5 Å². The zero-order chi connectivity index (χ0) is 18.5. The van der Waals surface area contributed by atoms with Gasteiger partial charge in [-0.25, -0.2) is 4.98 Å². The molecule has 0 aromatic carbocycles. The van der Waals surface area contributed by atoms with Crippen LogP contribution in [0.3, 0.4) is 0 Å². The number of rotatable bonds is 5. The Kier molecular flexibility index (Phi) is 5.34. The van der Waals surface area contributed by atoms with Crippen LogP contribution in [0.25, 0.3) is 10.9 Å². The number of amides is 1. The number of carbonyl (C=O) groups excluding carboxylic acids is 1. The van der Waals surface area contributed by atoms with Crippen molar-refractivity contribution in [3.8, 4) is 0 Å². The van der Waals surface area contributed by atoms with E-state index in [9.17, 15) is 4.79 Å². The molecular formula is C21H22N4O2. The molecule has 0 saturated carbocycles. The Hall–Kier alpha value is -2.86. The van der Waals surface area contributed by atoms with Gasteiger partial charge in [-0.2, -0.15) is 0 Å². The predicted molar refractivity (Wildman–Crippen MR) is 103 cm³/mol. The van der Waals surface area contributed by atoms with Crippen molar-refractivity contribution in [2.24, 2.45) is 0 Å². The van der Waals surface area contributed by atoms with Crippen molar-refractivity contribution in [1.29, 1.82) is 0 Å². The van der Waals surface area contributed by atoms with Gasteiger partial charge in [0.25, 0.3) is 5.91 Å². The summed E-state index contributed by atoms with van der Waals surface area (Å²) >= 11 is 0. The molecule has 0 bridgehead atoms. The summed E-state index contributed by atoms with van der Waals surface area (Å²) in [4.78, 5) is 25.5. The van der Waals surface area contributed by atoms with Crippen LogP contribution in [-0.4, -0.2) is 40.6 Å². The maximum atomic E-state index is 12.7. The van der Waals surface area contributed by atoms with Crippen LogP contribution in [0.2, 0.25) is 0 Å². The molecule has 6 heteroatoms. The normalized spacial score (nSPS) is 15.0. The molecule has 4 rings (SSSR count). The smallest absolute Gasteiger partial charge is 0.269 e. The van der Waals surface area contributed by atoms with Crippen molar-refractivity contribution in [1.82, 2.24) is 20.3 Å². The van der Waals surface area contributed by atoms with E-state index in [0.717, 1.165) is 54.5 Å². The highest BCUT2D eigenvalue weighted by Crippen LogP contribution is 2.32. The number of nitrogens with one attached hydrogen (secondary N) is 1. The van der Waals surface area contributed by atoms with Gasteiger partial charge in [-0.3, -0.25) is 14.8 Å². The highest BCUT2D eigenvalue weighted by atomic mass is 16.5. The van der Waals surface area contributed by atoms with E-state index in [-0.39, 0.29) is 5.91 Å². The molecule has 1 N–H and O–H groups in total. The largest absolute Gasteiger partial charge is 0.381 e. The topological polar surface area (TPSA) is 77.0 Å². The maximum Gasteiger partial charge on any atom is 0.269 e. The Labute approximate surface area is 158 Å². The number of aromatic nitrogens is 3. The molecule has 3 aromatic rings. The van der Waals surface area contributed by atoms with Crippen LogP contribution in [-0.2, 0) is 11.2 Å². The second kappa shape index (κ2) is 8.22. The summed E-state index contributed by atoms with van der Waals surface area (Å²) in [5.74, 6) is 0.230. The SMILES string of the molecule is O=C(NCCc1ccncc1)c1cc(C2CCOCC2)c2cnccc2n1. The molecule has 4 heterocycles. The van der Waals surface area contributed by atoms with Gasteiger partial charge in [0, 0.05) is 49.9 Å². The Balaban J connectivity index is 1.54. The van der Waals surface area contributed by atoms with Crippen LogP contribution in [0.4, 0.5) is 0 Å². The minimum atomic E-state index is -0.143. The maximum absolute atomic E-state index is 12.7. The number of ether oxygens (including phenoxy) is 1. The fourth-order valence-electron chi connectivity index (χ4n) is 3.52. The molecule has 0 aliphatic carbocycles. The van der Waals surface area contributed by atoms with Crippen molar-refractivity contribution in [3.63, 3.8) is 0 Å². The van der Waals surface area contributed by atoms with E-state index in [4.69, 9.17) is 4.74 Å². The first kappa shape index (κ1) is 17.5. The average molecular weight is 362 g/mol. The Morgan fingerprint density at radius 2 is 1.89 bits per heavy atom. The minimum Gasteiger partial charge on any atom is -0.381 e. The molecule has 1 aliphatic heterocycles. The molecule has 0 spiro atoms. The fourth-order valence-corrected chi connectivity index (χ4v) is 3.52. The van der Waals surface area contributed by atoms with E-state index in [1.165, 1.54) is 0 Å². The van der Waals surface area contributed by atoms with Crippen molar-refractivity contribution < 1.29 is 9.53 Å². The Bertz CT molecular complexity index is 924. The number of carbonyl (C=O) groups is 1. The van der Waals surface area contributed by atoms with Gasteiger partial charge < -0.3 is 10.1 Å². The Morgan fingerprint density at radius 1 is 1.11 bits per heavy atom. The fraction of sp³-hybridized carbons (Fsp3) is 0.333. The van der Waals surface area contributed by atoms with Crippen LogP contribution in [0.15, 0.2) is 49.1 Å². The summed E-state index contributed by atoms with van der Waals surface area (Å²) in [7, 11) is 0. The van der Waals surface area contributed by atoms with E-state index < -0.39 is 0 Å². The molecule has 3 aromatic heterocycles. The van der Waals surface area contributed by atoms with Gasteiger partial charge in [-0.05, 0) is 60.6 Å². The lowest BCUT2D eigenvalue weighted by molar-refractivity contribution is 0.0855. The molecule has 1 amide bonds. The van der Waals surface area contributed by atoms with E-state index in [0.29, 0.717) is 18.2 Å². The molecule has 1 saturated heterocycles. The summed E-state index contributed by atoms with van der Waals surface area (Å²) in [5.41, 5.74) is 3.57. The molecule has 0 atom stereocenters. The third kappa shape index (κ3) is 4.11. The monoisotopic (exact) mass is 362 g/mol. The quantitative estimate of drug-likeness (QED) is 0.755. The molecule has 1 fully saturated rings. The van der Waals surface area contributed by atoms with Crippen LogP contribution >= 0.6 is 0 Å². The van der Waals surface area contributed by atoms with Gasteiger partial charge in [-0.15, -0.1) is 0 Å². The van der Waals surface area contributed by atoms with Gasteiger partial charge >= 0.3 is 0 Å². The Morgan fingerprint density at radius 3 is 2.70 bits per heavy atom. The second-order valence-corrected chi connectivity index (χ2v) is 6.74. The number of hydrogen-bond acceptors (Lipinski definition) is 5. The first-order valence-corrected chi connectivity index (χ1v) is 9.31. The number of nitrogens with zero attached hydrogens (tertiary/aromatic N) is 3. The van der Waals surface area contributed by atoms with Crippen molar-refractivity contribution in [2.75, 3.05) is 19.8 Å². The van der Waals surface area contributed by atoms with Gasteiger partial charge in [0.1, 0.15) is 5.69 Å². The standard InChI is InChI=1S/C21H22N4O2/c26-21(24-10-3-15-1-7-22-8-2-15)20-13-17(16-5-11-27-12-6-16)18-14-23-9-4-19(18)25-20/h1-2,4,7-9,13-14,16H,3,5-6,10-12H2,(H,24,26). The van der Waals surface area contributed by atoms with Crippen LogP contribution < -0.4 is 5.32 Å². The summed E-state index contributed by atoms with van der Waals surface area (Å²) in [5, 5.41) is 4.01. The molecule has 0 radical (unpaired) electrons. The zero-order valence-corrected chi connectivity index (χ0v) is 15.1. The minimum absolute atomic E-state index is 0.143. The zero-order valence-electron chi connectivity index (χ0n) is 15.1. The molecule has 27 heavy (non-hydrogen) atoms. The highest BCUT2D eigenvalue weighted by molar-refractivity contribution is 5.96. The highest BCUT2D eigenvalue weighted by Gasteiger charge is 2.21. The van der Waals surface area contributed by atoms with Gasteiger partial charge in [0.15, 0.2) is 0 Å². The lowest BCUT2D eigenvalue weighted by Crippen LogP contribution is -2.27. The second-order valence-electron chi connectivity index (χ2n) is 6.74. The van der Waals surface area contributed by atoms with Crippen molar-refractivity contribution in [2.45, 2.75) is 25.2 Å². The number of hydrogen-bond donors (Lipinski definition) is 1. The van der Waals surface area contributed by atoms with Crippen molar-refractivity contribution in [3.05, 3.63) is 65.9 Å². The van der Waals surface area contributed by atoms with E-state index in [2.05, 4.69) is 20.3 Å². The van der Waals surface area contributed by atoms with Crippen LogP contribution in [0.1, 0.15) is 40.4 Å². The molecule has 0 unspecified atom stereocenters. The predicted octanol–water partition coefficient (Wildman–Crippen LogP) is 2.89. The molecule has 6 nitrogen and oxygen atoms in total. The van der Waals surface area contributed by atoms with Gasteiger partial charge in [-0.1, -0.05) is 0 Å². The summed E-state index contributed by atoms with van der Waals surface area (Å²) in [6, 6.07) is 7.71. The van der Waals surface area contributed by atoms with Gasteiger partial charge in [0.2, 0.25) is 0 Å². The van der Waals surface area contributed by atoms with E-state index >= 15 is 0 Å². The number of pyridine rings is 3. The lowest BCUT2D eigenvalue weighted by Gasteiger charge is -2.24. The molecule has 138 valence electrons. The van der Waals surface area contributed by atoms with Crippen molar-refractivity contribution >= 4 is 16.8 Å². The summed E-state index contributed by atoms with van der Waals surface area (Å²) < 4.78 is 5.49. The average Bonchev–Trinajstić information content (AvgIpc) is 2.74. The first-order chi connectivity index (χ1) is 13.3. The third-order valence-corrected chi connectivity index (χ3v) is 4.98. The molecular weight excluding hydrogens is 340 g/mol. The third-order valence-electron chi connectivity index (χ3n) is 4.98. The first-order valence-electron chi connectivity index (χ1n) is 9.31. The lowest BCUT2D eigenvalue weighted by atomic mass is 9.89. The summed E-state index contributed by atoms with van der Waals surface area (Å²) in [6.45, 7) is 2.07. The van der Waals surface area contributed by atoms with Crippen LogP contribution in [0.5, 0.6) is 0 Å².